The van der Waals surface area contributed by atoms with E-state index in [1.807, 2.05) is 12.4 Å². The molecule has 1 aliphatic carbocycles. The third kappa shape index (κ3) is 3.78. The monoisotopic (exact) mass is 296 g/mol. The summed E-state index contributed by atoms with van der Waals surface area (Å²) < 4.78 is 1.08. The lowest BCUT2D eigenvalue weighted by Gasteiger charge is -2.18. The summed E-state index contributed by atoms with van der Waals surface area (Å²) in [6.07, 6.45) is 7.51. The van der Waals surface area contributed by atoms with Gasteiger partial charge in [0.15, 0.2) is 0 Å². The molecule has 3 unspecified atom stereocenters. The van der Waals surface area contributed by atoms with Gasteiger partial charge < -0.3 is 5.32 Å². The first-order chi connectivity index (χ1) is 8.20. The number of nitrogens with one attached hydrogen (secondary N) is 1. The zero-order chi connectivity index (χ0) is 12.3. The van der Waals surface area contributed by atoms with Crippen LogP contribution in [-0.4, -0.2) is 17.6 Å². The molecule has 0 radical (unpaired) electrons. The number of pyridine rings is 1. The minimum Gasteiger partial charge on any atom is -0.313 e. The Morgan fingerprint density at radius 2 is 2.29 bits per heavy atom. The summed E-state index contributed by atoms with van der Waals surface area (Å²) in [5.41, 5.74) is 1.33. The van der Waals surface area contributed by atoms with Crippen molar-refractivity contribution in [1.29, 1.82) is 0 Å². The zero-order valence-electron chi connectivity index (χ0n) is 10.6. The Labute approximate surface area is 112 Å². The van der Waals surface area contributed by atoms with Crippen LogP contribution in [0.3, 0.4) is 0 Å². The maximum atomic E-state index is 4.24. The number of nitrogens with zero attached hydrogens (tertiary/aromatic N) is 1. The Balaban J connectivity index is 1.96. The lowest BCUT2D eigenvalue weighted by atomic mass is 10.0. The SMILES string of the molecule is CCCNC(Cc1cncc(Br)c1)C1CC1C. The summed E-state index contributed by atoms with van der Waals surface area (Å²) in [5.74, 6) is 1.75. The first-order valence-corrected chi connectivity index (χ1v) is 7.32. The van der Waals surface area contributed by atoms with Gasteiger partial charge in [0.05, 0.1) is 0 Å². The molecule has 0 spiro atoms. The minimum absolute atomic E-state index is 0.626. The van der Waals surface area contributed by atoms with Crippen molar-refractivity contribution >= 4 is 15.9 Å². The van der Waals surface area contributed by atoms with Crippen molar-refractivity contribution < 1.29 is 0 Å². The first kappa shape index (κ1) is 13.0. The molecule has 0 bridgehead atoms. The predicted molar refractivity (Wildman–Crippen MR) is 75.0 cm³/mol. The summed E-state index contributed by atoms with van der Waals surface area (Å²) in [6, 6.07) is 2.81. The average Bonchev–Trinajstić information content (AvgIpc) is 3.02. The van der Waals surface area contributed by atoms with Gasteiger partial charge in [0.25, 0.3) is 0 Å². The van der Waals surface area contributed by atoms with Crippen LogP contribution in [0, 0.1) is 11.8 Å². The molecule has 1 N–H and O–H groups in total. The van der Waals surface area contributed by atoms with E-state index in [2.05, 4.69) is 46.1 Å². The van der Waals surface area contributed by atoms with E-state index in [9.17, 15) is 0 Å². The topological polar surface area (TPSA) is 24.9 Å². The predicted octanol–water partition coefficient (Wildman–Crippen LogP) is 3.41. The van der Waals surface area contributed by atoms with E-state index in [0.717, 1.165) is 29.3 Å². The Morgan fingerprint density at radius 3 is 2.88 bits per heavy atom. The molecule has 0 saturated heterocycles. The van der Waals surface area contributed by atoms with Gasteiger partial charge >= 0.3 is 0 Å². The summed E-state index contributed by atoms with van der Waals surface area (Å²) >= 11 is 3.49. The second-order valence-corrected chi connectivity index (χ2v) is 6.07. The zero-order valence-corrected chi connectivity index (χ0v) is 12.2. The van der Waals surface area contributed by atoms with E-state index in [1.165, 1.54) is 18.4 Å². The third-order valence-electron chi connectivity index (χ3n) is 3.56. The molecule has 3 heteroatoms. The maximum Gasteiger partial charge on any atom is 0.0410 e. The number of hydrogen-bond donors (Lipinski definition) is 1. The molecular weight excluding hydrogens is 276 g/mol. The van der Waals surface area contributed by atoms with Crippen molar-refractivity contribution in [1.82, 2.24) is 10.3 Å². The average molecular weight is 297 g/mol. The molecule has 1 saturated carbocycles. The van der Waals surface area contributed by atoms with E-state index in [4.69, 9.17) is 0 Å². The molecular formula is C14H21BrN2. The molecule has 1 heterocycles. The van der Waals surface area contributed by atoms with E-state index in [0.29, 0.717) is 6.04 Å². The van der Waals surface area contributed by atoms with Gasteiger partial charge in [0.2, 0.25) is 0 Å². The first-order valence-electron chi connectivity index (χ1n) is 6.53. The van der Waals surface area contributed by atoms with Gasteiger partial charge in [-0.2, -0.15) is 0 Å². The van der Waals surface area contributed by atoms with Gasteiger partial charge in [-0.15, -0.1) is 0 Å². The highest BCUT2D eigenvalue weighted by Gasteiger charge is 2.38. The molecule has 3 atom stereocenters. The van der Waals surface area contributed by atoms with Gasteiger partial charge in [-0.05, 0) is 65.2 Å². The van der Waals surface area contributed by atoms with Gasteiger partial charge in [-0.1, -0.05) is 13.8 Å². The van der Waals surface area contributed by atoms with E-state index in [-0.39, 0.29) is 0 Å². The van der Waals surface area contributed by atoms with Crippen LogP contribution in [0.1, 0.15) is 32.3 Å². The van der Waals surface area contributed by atoms with E-state index >= 15 is 0 Å². The Hall–Kier alpha value is -0.410. The molecule has 17 heavy (non-hydrogen) atoms. The third-order valence-corrected chi connectivity index (χ3v) is 4.00. The highest BCUT2D eigenvalue weighted by atomic mass is 79.9. The Kier molecular flexibility index (Phi) is 4.57. The van der Waals surface area contributed by atoms with Gasteiger partial charge in [0, 0.05) is 22.9 Å². The molecule has 0 amide bonds. The summed E-state index contributed by atoms with van der Waals surface area (Å²) in [6.45, 7) is 5.70. The fraction of sp³-hybridized carbons (Fsp3) is 0.643. The number of halogens is 1. The van der Waals surface area contributed by atoms with Crippen LogP contribution < -0.4 is 5.32 Å². The fourth-order valence-corrected chi connectivity index (χ4v) is 2.85. The molecule has 1 aliphatic rings. The number of rotatable bonds is 6. The van der Waals surface area contributed by atoms with Crippen LogP contribution in [0.25, 0.3) is 0 Å². The highest BCUT2D eigenvalue weighted by Crippen LogP contribution is 2.41. The Bertz CT molecular complexity index is 367. The molecule has 2 rings (SSSR count). The van der Waals surface area contributed by atoms with Gasteiger partial charge in [0.1, 0.15) is 0 Å². The lowest BCUT2D eigenvalue weighted by Crippen LogP contribution is -2.34. The number of hydrogen-bond acceptors (Lipinski definition) is 2. The van der Waals surface area contributed by atoms with Crippen LogP contribution in [0.2, 0.25) is 0 Å². The second kappa shape index (κ2) is 5.96. The quantitative estimate of drug-likeness (QED) is 0.870. The maximum absolute atomic E-state index is 4.24. The minimum atomic E-state index is 0.626. The van der Waals surface area contributed by atoms with Crippen molar-refractivity contribution in [3.05, 3.63) is 28.5 Å². The van der Waals surface area contributed by atoms with Crippen molar-refractivity contribution in [2.45, 2.75) is 39.2 Å². The molecule has 94 valence electrons. The molecule has 0 aliphatic heterocycles. The van der Waals surface area contributed by atoms with Crippen molar-refractivity contribution in [3.63, 3.8) is 0 Å². The summed E-state index contributed by atoms with van der Waals surface area (Å²) in [5, 5.41) is 3.69. The van der Waals surface area contributed by atoms with Crippen LogP contribution in [0.4, 0.5) is 0 Å². The van der Waals surface area contributed by atoms with Crippen LogP contribution >= 0.6 is 15.9 Å². The molecule has 1 aromatic rings. The molecule has 2 nitrogen and oxygen atoms in total. The summed E-state index contributed by atoms with van der Waals surface area (Å²) in [7, 11) is 0. The van der Waals surface area contributed by atoms with Crippen molar-refractivity contribution in [3.8, 4) is 0 Å². The Morgan fingerprint density at radius 1 is 1.53 bits per heavy atom. The van der Waals surface area contributed by atoms with E-state index < -0.39 is 0 Å². The molecule has 0 aromatic carbocycles. The van der Waals surface area contributed by atoms with Gasteiger partial charge in [-0.25, -0.2) is 0 Å². The smallest absolute Gasteiger partial charge is 0.0410 e. The van der Waals surface area contributed by atoms with Crippen molar-refractivity contribution in [2.75, 3.05) is 6.54 Å². The standard InChI is InChI=1S/C14H21BrN2/c1-3-4-17-14(13-5-10(13)2)7-11-6-12(15)9-16-8-11/h6,8-10,13-14,17H,3-5,7H2,1-2H3. The lowest BCUT2D eigenvalue weighted by molar-refractivity contribution is 0.443. The second-order valence-electron chi connectivity index (χ2n) is 5.15. The van der Waals surface area contributed by atoms with Crippen molar-refractivity contribution in [2.24, 2.45) is 11.8 Å². The van der Waals surface area contributed by atoms with Gasteiger partial charge in [-0.3, -0.25) is 4.98 Å². The van der Waals surface area contributed by atoms with Crippen LogP contribution in [0.15, 0.2) is 22.9 Å². The summed E-state index contributed by atoms with van der Waals surface area (Å²) in [4.78, 5) is 4.24. The van der Waals surface area contributed by atoms with Crippen LogP contribution in [0.5, 0.6) is 0 Å². The largest absolute Gasteiger partial charge is 0.313 e. The molecule has 1 fully saturated rings. The van der Waals surface area contributed by atoms with Crippen LogP contribution in [-0.2, 0) is 6.42 Å². The normalized spacial score (nSPS) is 24.6. The van der Waals surface area contributed by atoms with E-state index in [1.54, 1.807) is 0 Å². The number of aromatic nitrogens is 1. The highest BCUT2D eigenvalue weighted by molar-refractivity contribution is 9.10. The molecule has 1 aromatic heterocycles. The fourth-order valence-electron chi connectivity index (χ4n) is 2.44.